The smallest absolute Gasteiger partial charge is 0.0680 e. The second kappa shape index (κ2) is 2.98. The first-order valence-electron chi connectivity index (χ1n) is 5.74. The lowest BCUT2D eigenvalue weighted by atomic mass is 9.60. The average Bonchev–Trinajstić information content (AvgIpc) is 2.09. The monoisotopic (exact) mass is 182 g/mol. The molecular weight excluding hydrogens is 160 g/mol. The zero-order chi connectivity index (χ0) is 9.53. The van der Waals surface area contributed by atoms with E-state index in [-0.39, 0.29) is 5.60 Å². The average molecular weight is 182 g/mol. The summed E-state index contributed by atoms with van der Waals surface area (Å²) in [4.78, 5) is 0. The highest BCUT2D eigenvalue weighted by Gasteiger charge is 2.50. The summed E-state index contributed by atoms with van der Waals surface area (Å²) >= 11 is 0. The minimum absolute atomic E-state index is 0.218. The minimum Gasteiger partial charge on any atom is -0.374 e. The Morgan fingerprint density at radius 2 is 2.15 bits per heavy atom. The molecule has 0 radical (unpaired) electrons. The Morgan fingerprint density at radius 3 is 2.62 bits per heavy atom. The van der Waals surface area contributed by atoms with Crippen LogP contribution in [0.2, 0.25) is 0 Å². The molecule has 3 atom stereocenters. The molecule has 76 valence electrons. The van der Waals surface area contributed by atoms with Crippen LogP contribution in [0.1, 0.15) is 52.9 Å². The van der Waals surface area contributed by atoms with Gasteiger partial charge in [0.25, 0.3) is 0 Å². The SMILES string of the molecule is CCCC12CCC(C)(OC1)C(C)C2. The lowest BCUT2D eigenvalue weighted by molar-refractivity contribution is -0.206. The maximum absolute atomic E-state index is 6.03. The molecule has 0 N–H and O–H groups in total. The lowest BCUT2D eigenvalue weighted by Gasteiger charge is -2.55. The van der Waals surface area contributed by atoms with Gasteiger partial charge in [-0.05, 0) is 43.9 Å². The van der Waals surface area contributed by atoms with Gasteiger partial charge in [0.1, 0.15) is 0 Å². The van der Waals surface area contributed by atoms with E-state index in [4.69, 9.17) is 4.74 Å². The van der Waals surface area contributed by atoms with E-state index in [1.54, 1.807) is 0 Å². The molecule has 2 heterocycles. The van der Waals surface area contributed by atoms with Gasteiger partial charge < -0.3 is 4.74 Å². The first-order chi connectivity index (χ1) is 6.10. The van der Waals surface area contributed by atoms with Gasteiger partial charge >= 0.3 is 0 Å². The van der Waals surface area contributed by atoms with Gasteiger partial charge in [0.15, 0.2) is 0 Å². The topological polar surface area (TPSA) is 9.23 Å². The summed E-state index contributed by atoms with van der Waals surface area (Å²) in [6.45, 7) is 7.99. The van der Waals surface area contributed by atoms with E-state index >= 15 is 0 Å². The van der Waals surface area contributed by atoms with Crippen LogP contribution in [-0.4, -0.2) is 12.2 Å². The van der Waals surface area contributed by atoms with Gasteiger partial charge in [0.2, 0.25) is 0 Å². The summed E-state index contributed by atoms with van der Waals surface area (Å²) in [5.41, 5.74) is 0.779. The van der Waals surface area contributed by atoms with Crippen molar-refractivity contribution in [3.8, 4) is 0 Å². The van der Waals surface area contributed by atoms with E-state index < -0.39 is 0 Å². The molecule has 1 aliphatic carbocycles. The van der Waals surface area contributed by atoms with E-state index in [9.17, 15) is 0 Å². The zero-order valence-corrected chi connectivity index (χ0v) is 9.23. The van der Waals surface area contributed by atoms with Crippen LogP contribution in [0, 0.1) is 11.3 Å². The summed E-state index contributed by atoms with van der Waals surface area (Å²) in [6.07, 6.45) is 6.77. The van der Waals surface area contributed by atoms with Gasteiger partial charge in [-0.3, -0.25) is 0 Å². The Hall–Kier alpha value is -0.0400. The molecule has 2 bridgehead atoms. The Balaban J connectivity index is 2.12. The Kier molecular flexibility index (Phi) is 2.18. The highest BCUT2D eigenvalue weighted by molar-refractivity contribution is 5.00. The van der Waals surface area contributed by atoms with Crippen molar-refractivity contribution in [3.05, 3.63) is 0 Å². The van der Waals surface area contributed by atoms with Crippen molar-refractivity contribution < 1.29 is 4.74 Å². The van der Waals surface area contributed by atoms with Crippen LogP contribution in [0.15, 0.2) is 0 Å². The van der Waals surface area contributed by atoms with E-state index in [1.807, 2.05) is 0 Å². The largest absolute Gasteiger partial charge is 0.374 e. The van der Waals surface area contributed by atoms with Crippen molar-refractivity contribution in [2.75, 3.05) is 6.61 Å². The Labute approximate surface area is 81.9 Å². The fourth-order valence-corrected chi connectivity index (χ4v) is 3.22. The first-order valence-corrected chi connectivity index (χ1v) is 5.74. The molecule has 0 aromatic carbocycles. The van der Waals surface area contributed by atoms with Crippen LogP contribution in [0.5, 0.6) is 0 Å². The van der Waals surface area contributed by atoms with Crippen LogP contribution < -0.4 is 0 Å². The molecule has 0 amide bonds. The fraction of sp³-hybridized carbons (Fsp3) is 1.00. The Bertz CT molecular complexity index is 189. The predicted octanol–water partition coefficient (Wildman–Crippen LogP) is 3.38. The maximum atomic E-state index is 6.03. The van der Waals surface area contributed by atoms with Gasteiger partial charge in [-0.1, -0.05) is 20.3 Å². The molecule has 1 saturated carbocycles. The van der Waals surface area contributed by atoms with E-state index in [2.05, 4.69) is 20.8 Å². The maximum Gasteiger partial charge on any atom is 0.0680 e. The molecule has 3 aliphatic rings. The van der Waals surface area contributed by atoms with Gasteiger partial charge in [-0.25, -0.2) is 0 Å². The van der Waals surface area contributed by atoms with Crippen LogP contribution in [-0.2, 0) is 4.74 Å². The van der Waals surface area contributed by atoms with Crippen molar-refractivity contribution in [1.29, 1.82) is 0 Å². The lowest BCUT2D eigenvalue weighted by Crippen LogP contribution is -2.54. The van der Waals surface area contributed by atoms with Crippen molar-refractivity contribution in [1.82, 2.24) is 0 Å². The number of hydrogen-bond acceptors (Lipinski definition) is 1. The normalized spacial score (nSPS) is 49.6. The third-order valence-corrected chi connectivity index (χ3v) is 4.42. The van der Waals surface area contributed by atoms with Crippen molar-refractivity contribution in [2.24, 2.45) is 11.3 Å². The fourth-order valence-electron chi connectivity index (χ4n) is 3.22. The van der Waals surface area contributed by atoms with Gasteiger partial charge in [0, 0.05) is 0 Å². The number of hydrogen-bond donors (Lipinski definition) is 0. The summed E-state index contributed by atoms with van der Waals surface area (Å²) in [6, 6.07) is 0. The minimum atomic E-state index is 0.218. The number of fused-ring (bicyclic) bond motifs is 3. The van der Waals surface area contributed by atoms with E-state index in [0.29, 0.717) is 5.41 Å². The van der Waals surface area contributed by atoms with Gasteiger partial charge in [-0.2, -0.15) is 0 Å². The molecule has 13 heavy (non-hydrogen) atoms. The molecule has 0 aromatic rings. The third kappa shape index (κ3) is 1.41. The summed E-state index contributed by atoms with van der Waals surface area (Å²) in [5, 5.41) is 0. The molecule has 3 unspecified atom stereocenters. The van der Waals surface area contributed by atoms with E-state index in [1.165, 1.54) is 32.1 Å². The van der Waals surface area contributed by atoms with Crippen LogP contribution in [0.4, 0.5) is 0 Å². The molecule has 0 aromatic heterocycles. The van der Waals surface area contributed by atoms with Gasteiger partial charge in [0.05, 0.1) is 12.2 Å². The van der Waals surface area contributed by atoms with Crippen molar-refractivity contribution in [3.63, 3.8) is 0 Å². The second-order valence-corrected chi connectivity index (χ2v) is 5.46. The number of rotatable bonds is 2. The van der Waals surface area contributed by atoms with E-state index in [0.717, 1.165) is 12.5 Å². The predicted molar refractivity (Wildman–Crippen MR) is 54.7 cm³/mol. The summed E-state index contributed by atoms with van der Waals surface area (Å²) in [5.74, 6) is 0.765. The molecule has 2 aliphatic heterocycles. The highest BCUT2D eigenvalue weighted by Crippen LogP contribution is 2.53. The molecule has 3 rings (SSSR count). The highest BCUT2D eigenvalue weighted by atomic mass is 16.5. The summed E-state index contributed by atoms with van der Waals surface area (Å²) in [7, 11) is 0. The van der Waals surface area contributed by atoms with Crippen LogP contribution >= 0.6 is 0 Å². The zero-order valence-electron chi connectivity index (χ0n) is 9.23. The number of ether oxygens (including phenoxy) is 1. The molecule has 1 nitrogen and oxygen atoms in total. The molecular formula is C12H22O. The molecule has 2 saturated heterocycles. The van der Waals surface area contributed by atoms with Gasteiger partial charge in [-0.15, -0.1) is 0 Å². The molecule has 1 heteroatoms. The quantitative estimate of drug-likeness (QED) is 0.636. The standard InChI is InChI=1S/C12H22O/c1-4-5-12-7-6-11(3,13-9-12)10(2)8-12/h10H,4-9H2,1-3H3. The van der Waals surface area contributed by atoms with Crippen molar-refractivity contribution in [2.45, 2.75) is 58.5 Å². The Morgan fingerprint density at radius 1 is 1.38 bits per heavy atom. The molecule has 0 spiro atoms. The second-order valence-electron chi connectivity index (χ2n) is 5.46. The first kappa shape index (κ1) is 9.51. The molecule has 3 fully saturated rings. The summed E-state index contributed by atoms with van der Waals surface area (Å²) < 4.78 is 6.03. The van der Waals surface area contributed by atoms with Crippen LogP contribution in [0.25, 0.3) is 0 Å². The third-order valence-electron chi connectivity index (χ3n) is 4.42. The van der Waals surface area contributed by atoms with Crippen LogP contribution in [0.3, 0.4) is 0 Å². The van der Waals surface area contributed by atoms with Crippen molar-refractivity contribution >= 4 is 0 Å².